The second-order valence-electron chi connectivity index (χ2n) is 9.79. The van der Waals surface area contributed by atoms with Crippen molar-refractivity contribution in [2.75, 3.05) is 18.8 Å². The molecule has 0 aromatic carbocycles. The first-order chi connectivity index (χ1) is 17.5. The predicted octanol–water partition coefficient (Wildman–Crippen LogP) is 3.04. The van der Waals surface area contributed by atoms with E-state index < -0.39 is 0 Å². The van der Waals surface area contributed by atoms with Gasteiger partial charge in [0.05, 0.1) is 12.1 Å². The van der Waals surface area contributed by atoms with E-state index in [4.69, 9.17) is 0 Å². The van der Waals surface area contributed by atoms with Crippen molar-refractivity contribution in [1.29, 1.82) is 0 Å². The van der Waals surface area contributed by atoms with E-state index in [1.54, 1.807) is 0 Å². The van der Waals surface area contributed by atoms with Crippen LogP contribution in [0.5, 0.6) is 0 Å². The van der Waals surface area contributed by atoms with Crippen molar-refractivity contribution in [3.05, 3.63) is 31.6 Å². The Kier molecular flexibility index (Phi) is 12.9. The number of ketones is 1. The number of hydrogen-bond donors (Lipinski definition) is 4. The fourth-order valence-electron chi connectivity index (χ4n) is 4.79. The van der Waals surface area contributed by atoms with Gasteiger partial charge in [-0.25, -0.2) is 4.79 Å². The summed E-state index contributed by atoms with van der Waals surface area (Å²) < 4.78 is 0. The van der Waals surface area contributed by atoms with E-state index in [0.717, 1.165) is 69.5 Å². The molecule has 199 valence electrons. The van der Waals surface area contributed by atoms with Crippen LogP contribution in [0.15, 0.2) is 0 Å². The maximum atomic E-state index is 12.0. The van der Waals surface area contributed by atoms with Gasteiger partial charge in [-0.3, -0.25) is 14.4 Å². The first kappa shape index (κ1) is 28.8. The Balaban J connectivity index is 1.06. The van der Waals surface area contributed by atoms with Crippen LogP contribution in [0.3, 0.4) is 0 Å². The van der Waals surface area contributed by atoms with E-state index in [2.05, 4.69) is 21.3 Å². The normalized spacial score (nSPS) is 23.2. The summed E-state index contributed by atoms with van der Waals surface area (Å²) in [6, 6.07) is 0.434. The summed E-state index contributed by atoms with van der Waals surface area (Å²) in [6.45, 7) is 1.31. The third-order valence-electron chi connectivity index (χ3n) is 6.87. The van der Waals surface area contributed by atoms with Gasteiger partial charge in [-0.05, 0) is 64.2 Å². The third kappa shape index (κ3) is 10.3. The number of rotatable bonds is 18. The molecule has 2 heterocycles. The minimum absolute atomic E-state index is 0.0545. The van der Waals surface area contributed by atoms with Gasteiger partial charge in [-0.2, -0.15) is 11.8 Å². The highest BCUT2D eigenvalue weighted by Crippen LogP contribution is 2.33. The Morgan fingerprint density at radius 2 is 1.42 bits per heavy atom. The molecular formula is C27H41N4O4S. The van der Waals surface area contributed by atoms with Crippen LogP contribution in [0.25, 0.3) is 0 Å². The summed E-state index contributed by atoms with van der Waals surface area (Å²) in [5.74, 6) is 2.12. The molecule has 0 bridgehead atoms. The summed E-state index contributed by atoms with van der Waals surface area (Å²) in [6.07, 6.45) is 17.2. The topological polar surface area (TPSA) is 116 Å². The molecule has 1 saturated carbocycles. The molecule has 3 aliphatic rings. The zero-order chi connectivity index (χ0) is 25.6. The Bertz CT molecular complexity index is 729. The second kappa shape index (κ2) is 16.2. The molecule has 36 heavy (non-hydrogen) atoms. The van der Waals surface area contributed by atoms with Crippen molar-refractivity contribution >= 4 is 35.4 Å². The van der Waals surface area contributed by atoms with E-state index in [1.165, 1.54) is 0 Å². The molecule has 8 nitrogen and oxygen atoms in total. The van der Waals surface area contributed by atoms with Gasteiger partial charge in [0.1, 0.15) is 5.78 Å². The van der Waals surface area contributed by atoms with Crippen LogP contribution < -0.4 is 21.3 Å². The number of thioether (sulfide) groups is 1. The molecule has 0 aromatic heterocycles. The average molecular weight is 518 g/mol. The van der Waals surface area contributed by atoms with Gasteiger partial charge in [0.25, 0.3) is 0 Å². The molecule has 4 amide bonds. The first-order valence-electron chi connectivity index (χ1n) is 13.5. The van der Waals surface area contributed by atoms with Crippen molar-refractivity contribution in [2.24, 2.45) is 0 Å². The molecule has 2 aliphatic heterocycles. The van der Waals surface area contributed by atoms with Crippen molar-refractivity contribution in [1.82, 2.24) is 21.3 Å². The molecule has 4 N–H and O–H groups in total. The van der Waals surface area contributed by atoms with Gasteiger partial charge in [-0.1, -0.05) is 19.3 Å². The van der Waals surface area contributed by atoms with Crippen LogP contribution in [0.4, 0.5) is 4.79 Å². The number of Topliss-reactive ketones (excluding diaryl/α,β-unsaturated/α-hetero) is 1. The van der Waals surface area contributed by atoms with Crippen LogP contribution in [0.2, 0.25) is 0 Å². The molecule has 0 aromatic rings. The lowest BCUT2D eigenvalue weighted by Crippen LogP contribution is -2.36. The summed E-state index contributed by atoms with van der Waals surface area (Å²) in [5, 5.41) is 12.3. The zero-order valence-electron chi connectivity index (χ0n) is 21.2. The number of unbranched alkanes of at least 4 members (excludes halogenated alkanes) is 5. The van der Waals surface area contributed by atoms with Gasteiger partial charge in [0.15, 0.2) is 0 Å². The van der Waals surface area contributed by atoms with Crippen LogP contribution in [-0.2, 0) is 14.4 Å². The molecule has 0 spiro atoms. The Labute approximate surface area is 220 Å². The molecule has 2 saturated heterocycles. The maximum absolute atomic E-state index is 12.0. The van der Waals surface area contributed by atoms with E-state index >= 15 is 0 Å². The van der Waals surface area contributed by atoms with Gasteiger partial charge in [0.2, 0.25) is 11.8 Å². The molecule has 1 aliphatic carbocycles. The molecule has 9 heteroatoms. The molecule has 5 radical (unpaired) electrons. The highest BCUT2D eigenvalue weighted by Gasteiger charge is 2.42. The largest absolute Gasteiger partial charge is 0.356 e. The van der Waals surface area contributed by atoms with E-state index in [1.807, 2.05) is 37.4 Å². The lowest BCUT2D eigenvalue weighted by molar-refractivity contribution is -0.122. The summed E-state index contributed by atoms with van der Waals surface area (Å²) in [7, 11) is 0. The van der Waals surface area contributed by atoms with Crippen molar-refractivity contribution in [3.63, 3.8) is 0 Å². The zero-order valence-corrected chi connectivity index (χ0v) is 22.0. The first-order valence-corrected chi connectivity index (χ1v) is 14.5. The van der Waals surface area contributed by atoms with E-state index in [0.29, 0.717) is 37.6 Å². The van der Waals surface area contributed by atoms with Crippen LogP contribution in [-0.4, -0.2) is 59.8 Å². The van der Waals surface area contributed by atoms with Gasteiger partial charge in [0, 0.05) is 49.3 Å². The van der Waals surface area contributed by atoms with Crippen molar-refractivity contribution < 1.29 is 19.2 Å². The van der Waals surface area contributed by atoms with Crippen LogP contribution >= 0.6 is 11.8 Å². The van der Waals surface area contributed by atoms with Crippen molar-refractivity contribution in [3.8, 4) is 0 Å². The Morgan fingerprint density at radius 3 is 2.08 bits per heavy atom. The van der Waals surface area contributed by atoms with E-state index in [9.17, 15) is 19.2 Å². The average Bonchev–Trinajstić information content (AvgIpc) is 3.60. The van der Waals surface area contributed by atoms with Gasteiger partial charge < -0.3 is 21.3 Å². The monoisotopic (exact) mass is 517 g/mol. The van der Waals surface area contributed by atoms with Gasteiger partial charge >= 0.3 is 6.03 Å². The van der Waals surface area contributed by atoms with Gasteiger partial charge in [-0.15, -0.1) is 0 Å². The van der Waals surface area contributed by atoms with Crippen LogP contribution in [0.1, 0.15) is 77.0 Å². The second-order valence-corrected chi connectivity index (χ2v) is 11.1. The van der Waals surface area contributed by atoms with Crippen LogP contribution in [0, 0.1) is 31.6 Å². The highest BCUT2D eigenvalue weighted by atomic mass is 32.2. The highest BCUT2D eigenvalue weighted by molar-refractivity contribution is 8.00. The number of hydrogen-bond acceptors (Lipinski definition) is 5. The fraction of sp³-hybridized carbons (Fsp3) is 0.667. The fourth-order valence-corrected chi connectivity index (χ4v) is 6.33. The third-order valence-corrected chi connectivity index (χ3v) is 8.38. The smallest absolute Gasteiger partial charge is 0.315 e. The summed E-state index contributed by atoms with van der Waals surface area (Å²) >= 11 is 1.91. The lowest BCUT2D eigenvalue weighted by Gasteiger charge is -2.16. The molecular weight excluding hydrogens is 476 g/mol. The summed E-state index contributed by atoms with van der Waals surface area (Å²) in [4.78, 5) is 47.3. The molecule has 3 atom stereocenters. The minimum Gasteiger partial charge on any atom is -0.356 e. The number of carbonyl (C=O) groups is 4. The summed E-state index contributed by atoms with van der Waals surface area (Å²) in [5.41, 5.74) is 0. The maximum Gasteiger partial charge on any atom is 0.315 e. The van der Waals surface area contributed by atoms with Crippen molar-refractivity contribution in [2.45, 2.75) is 94.4 Å². The number of nitrogens with one attached hydrogen (secondary N) is 4. The number of fused-ring (bicyclic) bond motifs is 1. The molecule has 3 rings (SSSR count). The number of carbonyl (C=O) groups excluding carboxylic acids is 4. The quantitative estimate of drug-likeness (QED) is 0.165. The minimum atomic E-state index is -0.0545. The lowest BCUT2D eigenvalue weighted by atomic mass is 9.98. The SMILES string of the molecule is O=C(CCCCCNC(=O)CCCC[C@@H]1SC[C@@H]2NC(=O)N[C@@H]21)NCCCCCC(=O)[C]1[CH][CH][CH][CH]1. The standard InChI is InChI=1S/C27H41N4O4S/c32-22(20-11-5-6-12-20)13-3-1-9-17-28-24(33)15-4-2-10-18-29-25(34)16-8-7-14-23-26-21(19-36-23)30-27(35)31-26/h5-6,11-12,21,23,26H,1-4,7-10,13-19H2,(H,28,33)(H,29,34)(H2,30,31,35)/t21-,23-,26-/m0/s1. The Morgan fingerprint density at radius 1 is 0.806 bits per heavy atom. The predicted molar refractivity (Wildman–Crippen MR) is 142 cm³/mol. The molecule has 3 fully saturated rings. The molecule has 0 unspecified atom stereocenters. The number of urea groups is 1. The Hall–Kier alpha value is -1.77. The van der Waals surface area contributed by atoms with E-state index in [-0.39, 0.29) is 35.7 Å². The number of amides is 4.